The summed E-state index contributed by atoms with van der Waals surface area (Å²) in [4.78, 5) is 28.8. The number of nitrogens with zero attached hydrogens (tertiary/aromatic N) is 4. The van der Waals surface area contributed by atoms with Gasteiger partial charge in [0.1, 0.15) is 11.1 Å². The number of hydrogen-bond acceptors (Lipinski definition) is 7. The van der Waals surface area contributed by atoms with Gasteiger partial charge in [0.05, 0.1) is 17.2 Å². The van der Waals surface area contributed by atoms with Crippen molar-refractivity contribution in [3.63, 3.8) is 0 Å². The van der Waals surface area contributed by atoms with Crippen LogP contribution in [0.15, 0.2) is 35.4 Å². The lowest BCUT2D eigenvalue weighted by Crippen LogP contribution is -2.21. The van der Waals surface area contributed by atoms with Gasteiger partial charge in [-0.3, -0.25) is 14.2 Å². The molecule has 0 saturated carbocycles. The van der Waals surface area contributed by atoms with Gasteiger partial charge >= 0.3 is 0 Å². The van der Waals surface area contributed by atoms with Crippen molar-refractivity contribution in [2.75, 3.05) is 11.9 Å². The van der Waals surface area contributed by atoms with Crippen LogP contribution in [0.5, 0.6) is 0 Å². The molecule has 140 valence electrons. The summed E-state index contributed by atoms with van der Waals surface area (Å²) in [5.41, 5.74) is 0.584. The van der Waals surface area contributed by atoms with Gasteiger partial charge in [0.25, 0.3) is 5.56 Å². The van der Waals surface area contributed by atoms with Crippen LogP contribution in [0.4, 0.5) is 5.13 Å². The zero-order valence-electron chi connectivity index (χ0n) is 14.6. The number of fused-ring (bicyclic) bond motifs is 1. The predicted octanol–water partition coefficient (Wildman–Crippen LogP) is 2.52. The van der Waals surface area contributed by atoms with E-state index in [1.165, 1.54) is 22.2 Å². The summed E-state index contributed by atoms with van der Waals surface area (Å²) in [5, 5.41) is 12.7. The van der Waals surface area contributed by atoms with Gasteiger partial charge in [-0.05, 0) is 31.4 Å². The summed E-state index contributed by atoms with van der Waals surface area (Å²) in [6.07, 6.45) is 4.31. The van der Waals surface area contributed by atoms with Crippen molar-refractivity contribution < 1.29 is 9.53 Å². The van der Waals surface area contributed by atoms with E-state index in [1.807, 2.05) is 12.1 Å². The molecule has 1 amide bonds. The van der Waals surface area contributed by atoms with E-state index in [-0.39, 0.29) is 24.0 Å². The number of anilines is 1. The number of benzene rings is 1. The molecule has 2 aromatic heterocycles. The lowest BCUT2D eigenvalue weighted by Gasteiger charge is -2.06. The Morgan fingerprint density at radius 3 is 3.07 bits per heavy atom. The number of carbonyl (C=O) groups excluding carboxylic acids is 1. The Kier molecular flexibility index (Phi) is 5.21. The number of nitrogens with one attached hydrogen (secondary N) is 1. The Labute approximate surface area is 159 Å². The highest BCUT2D eigenvalue weighted by molar-refractivity contribution is 7.15. The summed E-state index contributed by atoms with van der Waals surface area (Å²) < 4.78 is 7.11. The van der Waals surface area contributed by atoms with Crippen molar-refractivity contribution in [3.8, 4) is 0 Å². The molecule has 1 aliphatic rings. The van der Waals surface area contributed by atoms with Crippen LogP contribution in [0.25, 0.3) is 10.9 Å². The zero-order valence-corrected chi connectivity index (χ0v) is 15.4. The summed E-state index contributed by atoms with van der Waals surface area (Å²) in [6.45, 7) is 1.18. The molecule has 0 spiro atoms. The van der Waals surface area contributed by atoms with E-state index in [4.69, 9.17) is 4.74 Å². The van der Waals surface area contributed by atoms with Gasteiger partial charge in [-0.1, -0.05) is 23.5 Å². The molecule has 1 aliphatic heterocycles. The first-order valence-corrected chi connectivity index (χ1v) is 9.71. The van der Waals surface area contributed by atoms with Gasteiger partial charge in [-0.15, -0.1) is 10.2 Å². The first kappa shape index (κ1) is 17.7. The van der Waals surface area contributed by atoms with Crippen LogP contribution in [-0.2, 0) is 16.1 Å². The number of aromatic nitrogens is 4. The lowest BCUT2D eigenvalue weighted by molar-refractivity contribution is -0.116. The second kappa shape index (κ2) is 7.93. The maximum Gasteiger partial charge on any atom is 0.261 e. The van der Waals surface area contributed by atoms with Crippen LogP contribution in [0, 0.1) is 0 Å². The van der Waals surface area contributed by atoms with Crippen molar-refractivity contribution in [1.29, 1.82) is 0 Å². The Morgan fingerprint density at radius 1 is 1.33 bits per heavy atom. The number of carbonyl (C=O) groups is 1. The van der Waals surface area contributed by atoms with Crippen LogP contribution in [0.2, 0.25) is 0 Å². The maximum absolute atomic E-state index is 12.4. The fourth-order valence-corrected chi connectivity index (χ4v) is 3.89. The van der Waals surface area contributed by atoms with Gasteiger partial charge in [0.15, 0.2) is 0 Å². The molecule has 27 heavy (non-hydrogen) atoms. The third-order valence-corrected chi connectivity index (χ3v) is 5.36. The minimum atomic E-state index is -0.146. The molecular formula is C18H19N5O3S. The number of aryl methyl sites for hydroxylation is 1. The van der Waals surface area contributed by atoms with Crippen LogP contribution >= 0.6 is 11.3 Å². The maximum atomic E-state index is 12.4. The first-order valence-electron chi connectivity index (χ1n) is 8.90. The molecule has 1 atom stereocenters. The van der Waals surface area contributed by atoms with Gasteiger partial charge < -0.3 is 10.1 Å². The van der Waals surface area contributed by atoms with Crippen LogP contribution < -0.4 is 10.9 Å². The molecule has 1 N–H and O–H groups in total. The number of hydrogen-bond donors (Lipinski definition) is 1. The smallest absolute Gasteiger partial charge is 0.261 e. The normalized spacial score (nSPS) is 16.7. The molecule has 8 nitrogen and oxygen atoms in total. The molecule has 1 unspecified atom stereocenters. The van der Waals surface area contributed by atoms with Gasteiger partial charge in [0.2, 0.25) is 11.0 Å². The third kappa shape index (κ3) is 4.04. The van der Waals surface area contributed by atoms with Crippen LogP contribution in [-0.4, -0.2) is 32.3 Å². The summed E-state index contributed by atoms with van der Waals surface area (Å²) in [7, 11) is 0. The minimum absolute atomic E-state index is 0.000399. The van der Waals surface area contributed by atoms with Crippen molar-refractivity contribution >= 4 is 33.3 Å². The van der Waals surface area contributed by atoms with E-state index < -0.39 is 0 Å². The molecule has 0 radical (unpaired) electrons. The Morgan fingerprint density at radius 2 is 2.22 bits per heavy atom. The summed E-state index contributed by atoms with van der Waals surface area (Å²) >= 11 is 1.35. The molecule has 4 rings (SSSR count). The molecule has 0 bridgehead atoms. The second-order valence-electron chi connectivity index (χ2n) is 6.36. The zero-order chi connectivity index (χ0) is 18.6. The lowest BCUT2D eigenvalue weighted by atomic mass is 10.2. The Balaban J connectivity index is 1.31. The topological polar surface area (TPSA) is 99.0 Å². The highest BCUT2D eigenvalue weighted by atomic mass is 32.1. The van der Waals surface area contributed by atoms with Crippen molar-refractivity contribution in [1.82, 2.24) is 19.7 Å². The number of rotatable bonds is 6. The summed E-state index contributed by atoms with van der Waals surface area (Å²) in [6, 6.07) is 7.23. The molecule has 1 aromatic carbocycles. The number of amides is 1. The molecule has 0 aliphatic carbocycles. The van der Waals surface area contributed by atoms with Crippen molar-refractivity contribution in [2.45, 2.75) is 38.3 Å². The quantitative estimate of drug-likeness (QED) is 0.700. The number of para-hydroxylation sites is 1. The van der Waals surface area contributed by atoms with Gasteiger partial charge in [0, 0.05) is 19.6 Å². The Hall–Kier alpha value is -2.65. The van der Waals surface area contributed by atoms with Gasteiger partial charge in [-0.25, -0.2) is 4.98 Å². The first-order chi connectivity index (χ1) is 13.2. The van der Waals surface area contributed by atoms with E-state index in [0.717, 1.165) is 24.5 Å². The fourth-order valence-electron chi connectivity index (χ4n) is 3.04. The molecule has 3 aromatic rings. The van der Waals surface area contributed by atoms with E-state index in [1.54, 1.807) is 12.1 Å². The SMILES string of the molecule is O=C(CCCn1cnc2ccccc2c1=O)Nc1nnc(C2CCCO2)s1. The standard InChI is InChI=1S/C18H19N5O3S/c24-15(20-18-22-21-16(27-18)14-7-4-10-26-14)8-3-9-23-11-19-13-6-2-1-5-12(13)17(23)25/h1-2,5-6,11,14H,3-4,7-10H2,(H,20,22,24). The molecular weight excluding hydrogens is 366 g/mol. The van der Waals surface area contributed by atoms with Crippen LogP contribution in [0.1, 0.15) is 36.8 Å². The van der Waals surface area contributed by atoms with E-state index in [2.05, 4.69) is 20.5 Å². The van der Waals surface area contributed by atoms with Crippen molar-refractivity contribution in [3.05, 3.63) is 46.0 Å². The molecule has 3 heterocycles. The highest BCUT2D eigenvalue weighted by Crippen LogP contribution is 2.31. The molecule has 1 saturated heterocycles. The minimum Gasteiger partial charge on any atom is -0.371 e. The predicted molar refractivity (Wildman–Crippen MR) is 102 cm³/mol. The van der Waals surface area contributed by atoms with Crippen LogP contribution in [0.3, 0.4) is 0 Å². The second-order valence-corrected chi connectivity index (χ2v) is 7.37. The third-order valence-electron chi connectivity index (χ3n) is 4.43. The van der Waals surface area contributed by atoms with E-state index >= 15 is 0 Å². The molecule has 9 heteroatoms. The average molecular weight is 385 g/mol. The largest absolute Gasteiger partial charge is 0.371 e. The summed E-state index contributed by atoms with van der Waals surface area (Å²) in [5.74, 6) is -0.146. The average Bonchev–Trinajstić information content (AvgIpc) is 3.35. The fraction of sp³-hybridized carbons (Fsp3) is 0.389. The Bertz CT molecular complexity index is 1010. The molecule has 1 fully saturated rings. The van der Waals surface area contributed by atoms with Gasteiger partial charge in [-0.2, -0.15) is 0 Å². The van der Waals surface area contributed by atoms with E-state index in [9.17, 15) is 9.59 Å². The van der Waals surface area contributed by atoms with E-state index in [0.29, 0.717) is 29.0 Å². The number of ether oxygens (including phenoxy) is 1. The monoisotopic (exact) mass is 385 g/mol. The highest BCUT2D eigenvalue weighted by Gasteiger charge is 2.22. The van der Waals surface area contributed by atoms with Crippen molar-refractivity contribution in [2.24, 2.45) is 0 Å².